The number of ether oxygens (including phenoxy) is 1. The van der Waals surface area contributed by atoms with Crippen molar-refractivity contribution in [2.75, 3.05) is 17.3 Å². The summed E-state index contributed by atoms with van der Waals surface area (Å²) >= 11 is 6.67. The van der Waals surface area contributed by atoms with E-state index in [9.17, 15) is 9.59 Å². The Hall–Kier alpha value is -3.42. The fourth-order valence-corrected chi connectivity index (χ4v) is 4.37. The maximum Gasteiger partial charge on any atom is 0.270 e. The number of anilines is 2. The van der Waals surface area contributed by atoms with Crippen LogP contribution < -0.4 is 15.0 Å². The van der Waals surface area contributed by atoms with Crippen molar-refractivity contribution >= 4 is 57.6 Å². The number of benzene rings is 3. The molecule has 0 saturated carbocycles. The Kier molecular flexibility index (Phi) is 6.16. The Morgan fingerprint density at radius 2 is 1.77 bits per heavy atom. The third-order valence-corrected chi connectivity index (χ3v) is 5.90. The highest BCUT2D eigenvalue weighted by Crippen LogP contribution is 2.36. The van der Waals surface area contributed by atoms with E-state index in [1.54, 1.807) is 43.5 Å². The molecule has 7 heteroatoms. The van der Waals surface area contributed by atoms with Crippen LogP contribution in [0.5, 0.6) is 5.75 Å². The number of para-hydroxylation sites is 1. The number of amides is 2. The largest absolute Gasteiger partial charge is 0.497 e. The molecule has 0 aliphatic carbocycles. The van der Waals surface area contributed by atoms with Crippen molar-refractivity contribution in [1.82, 2.24) is 0 Å². The molecule has 1 saturated heterocycles. The van der Waals surface area contributed by atoms with Crippen molar-refractivity contribution in [1.29, 1.82) is 0 Å². The molecule has 1 aliphatic rings. The molecule has 2 amide bonds. The van der Waals surface area contributed by atoms with Gasteiger partial charge in [0.15, 0.2) is 4.32 Å². The van der Waals surface area contributed by atoms with E-state index in [-0.39, 0.29) is 11.8 Å². The van der Waals surface area contributed by atoms with E-state index in [1.165, 1.54) is 16.7 Å². The molecule has 0 aromatic heterocycles. The van der Waals surface area contributed by atoms with Crippen LogP contribution in [0.3, 0.4) is 0 Å². The van der Waals surface area contributed by atoms with Gasteiger partial charge in [0.25, 0.3) is 11.8 Å². The van der Waals surface area contributed by atoms with Crippen molar-refractivity contribution in [3.05, 3.63) is 94.9 Å². The van der Waals surface area contributed by atoms with E-state index in [1.807, 2.05) is 48.5 Å². The number of carbonyl (C=O) groups is 2. The average Bonchev–Trinajstić information content (AvgIpc) is 3.07. The molecule has 3 aromatic rings. The maximum atomic E-state index is 12.9. The van der Waals surface area contributed by atoms with Crippen molar-refractivity contribution in [3.8, 4) is 5.75 Å². The summed E-state index contributed by atoms with van der Waals surface area (Å²) in [5.41, 5.74) is 2.69. The summed E-state index contributed by atoms with van der Waals surface area (Å²) in [6.45, 7) is 0. The number of hydrogen-bond acceptors (Lipinski definition) is 5. The summed E-state index contributed by atoms with van der Waals surface area (Å²) in [5, 5.41) is 2.88. The molecule has 1 aliphatic heterocycles. The minimum Gasteiger partial charge on any atom is -0.497 e. The quantitative estimate of drug-likeness (QED) is 0.423. The van der Waals surface area contributed by atoms with Gasteiger partial charge in [-0.2, -0.15) is 0 Å². The van der Waals surface area contributed by atoms with Crippen LogP contribution in [0.25, 0.3) is 6.08 Å². The lowest BCUT2D eigenvalue weighted by Crippen LogP contribution is -2.27. The lowest BCUT2D eigenvalue weighted by molar-refractivity contribution is -0.113. The Labute approximate surface area is 189 Å². The minimum absolute atomic E-state index is 0.158. The predicted molar refractivity (Wildman–Crippen MR) is 129 cm³/mol. The summed E-state index contributed by atoms with van der Waals surface area (Å²) in [5.74, 6) is 0.301. The van der Waals surface area contributed by atoms with Crippen LogP contribution >= 0.6 is 24.0 Å². The molecule has 3 aromatic carbocycles. The molecule has 0 spiro atoms. The van der Waals surface area contributed by atoms with E-state index in [2.05, 4.69) is 5.32 Å². The third-order valence-electron chi connectivity index (χ3n) is 4.60. The van der Waals surface area contributed by atoms with Crippen LogP contribution in [0.1, 0.15) is 15.9 Å². The van der Waals surface area contributed by atoms with Crippen LogP contribution in [-0.2, 0) is 4.79 Å². The molecule has 1 fully saturated rings. The van der Waals surface area contributed by atoms with Crippen molar-refractivity contribution < 1.29 is 14.3 Å². The molecule has 5 nitrogen and oxygen atoms in total. The lowest BCUT2D eigenvalue weighted by atomic mass is 10.1. The molecule has 1 N–H and O–H groups in total. The van der Waals surface area contributed by atoms with Crippen molar-refractivity contribution in [3.63, 3.8) is 0 Å². The highest BCUT2D eigenvalue weighted by atomic mass is 32.2. The van der Waals surface area contributed by atoms with Gasteiger partial charge in [-0.3, -0.25) is 14.5 Å². The predicted octanol–water partition coefficient (Wildman–Crippen LogP) is 5.35. The third kappa shape index (κ3) is 4.68. The van der Waals surface area contributed by atoms with Gasteiger partial charge in [-0.05, 0) is 60.2 Å². The highest BCUT2D eigenvalue weighted by Gasteiger charge is 2.33. The van der Waals surface area contributed by atoms with Gasteiger partial charge in [-0.15, -0.1) is 0 Å². The zero-order valence-electron chi connectivity index (χ0n) is 16.6. The molecule has 0 bridgehead atoms. The van der Waals surface area contributed by atoms with E-state index in [0.29, 0.717) is 26.2 Å². The minimum atomic E-state index is -0.227. The second-order valence-corrected chi connectivity index (χ2v) is 8.34. The topological polar surface area (TPSA) is 58.6 Å². The maximum absolute atomic E-state index is 12.9. The summed E-state index contributed by atoms with van der Waals surface area (Å²) in [4.78, 5) is 27.5. The molecule has 0 unspecified atom stereocenters. The molecule has 0 radical (unpaired) electrons. The average molecular weight is 447 g/mol. The van der Waals surface area contributed by atoms with E-state index < -0.39 is 0 Å². The number of methoxy groups -OCH3 is 1. The first-order valence-electron chi connectivity index (χ1n) is 9.43. The van der Waals surface area contributed by atoms with Gasteiger partial charge in [0.1, 0.15) is 5.75 Å². The standard InChI is InChI=1S/C24H18N2O3S2/c1-29-20-12-10-17(11-13-20)22(27)25-18-7-5-6-16(14-18)15-21-23(28)26(24(30)31-21)19-8-3-2-4-9-19/h2-15H,1H3,(H,25,27)/b21-15-. The van der Waals surface area contributed by atoms with E-state index in [4.69, 9.17) is 17.0 Å². The van der Waals surface area contributed by atoms with Crippen LogP contribution in [0.15, 0.2) is 83.8 Å². The monoisotopic (exact) mass is 446 g/mol. The number of thioether (sulfide) groups is 1. The Bertz CT molecular complexity index is 1170. The van der Waals surface area contributed by atoms with Gasteiger partial charge in [0, 0.05) is 11.3 Å². The van der Waals surface area contributed by atoms with Gasteiger partial charge in [0.2, 0.25) is 0 Å². The first kappa shape index (κ1) is 20.8. The zero-order chi connectivity index (χ0) is 21.8. The molecule has 31 heavy (non-hydrogen) atoms. The van der Waals surface area contributed by atoms with Crippen molar-refractivity contribution in [2.45, 2.75) is 0 Å². The second-order valence-electron chi connectivity index (χ2n) is 6.66. The normalized spacial score (nSPS) is 14.7. The van der Waals surface area contributed by atoms with Crippen LogP contribution in [0, 0.1) is 0 Å². The summed E-state index contributed by atoms with van der Waals surface area (Å²) in [6, 6.07) is 23.5. The lowest BCUT2D eigenvalue weighted by Gasteiger charge is -2.13. The number of carbonyl (C=O) groups excluding carboxylic acids is 2. The van der Waals surface area contributed by atoms with Gasteiger partial charge in [0.05, 0.1) is 17.7 Å². The molecule has 1 heterocycles. The molecular weight excluding hydrogens is 428 g/mol. The number of nitrogens with one attached hydrogen (secondary N) is 1. The van der Waals surface area contributed by atoms with Crippen LogP contribution in [-0.4, -0.2) is 23.2 Å². The smallest absolute Gasteiger partial charge is 0.270 e. The van der Waals surface area contributed by atoms with Gasteiger partial charge in [-0.1, -0.05) is 54.3 Å². The summed E-state index contributed by atoms with van der Waals surface area (Å²) in [6.07, 6.45) is 1.78. The SMILES string of the molecule is COc1ccc(C(=O)Nc2cccc(/C=C3\SC(=S)N(c4ccccc4)C3=O)c2)cc1. The van der Waals surface area contributed by atoms with E-state index >= 15 is 0 Å². The van der Waals surface area contributed by atoms with E-state index in [0.717, 1.165) is 11.3 Å². The number of hydrogen-bond donors (Lipinski definition) is 1. The second kappa shape index (κ2) is 9.16. The van der Waals surface area contributed by atoms with Gasteiger partial charge < -0.3 is 10.1 Å². The first-order valence-corrected chi connectivity index (χ1v) is 10.7. The summed E-state index contributed by atoms with van der Waals surface area (Å²) < 4.78 is 5.61. The Morgan fingerprint density at radius 3 is 2.48 bits per heavy atom. The fraction of sp³-hybridized carbons (Fsp3) is 0.0417. The first-order chi connectivity index (χ1) is 15.0. The van der Waals surface area contributed by atoms with Gasteiger partial charge >= 0.3 is 0 Å². The van der Waals surface area contributed by atoms with Crippen LogP contribution in [0.4, 0.5) is 11.4 Å². The zero-order valence-corrected chi connectivity index (χ0v) is 18.2. The Balaban J connectivity index is 1.51. The molecular formula is C24H18N2O3S2. The Morgan fingerprint density at radius 1 is 1.03 bits per heavy atom. The highest BCUT2D eigenvalue weighted by molar-refractivity contribution is 8.27. The molecule has 0 atom stereocenters. The fourth-order valence-electron chi connectivity index (χ4n) is 3.07. The van der Waals surface area contributed by atoms with Crippen molar-refractivity contribution in [2.24, 2.45) is 0 Å². The van der Waals surface area contributed by atoms with Crippen LogP contribution in [0.2, 0.25) is 0 Å². The number of rotatable bonds is 5. The van der Waals surface area contributed by atoms with Gasteiger partial charge in [-0.25, -0.2) is 0 Å². The molecule has 154 valence electrons. The number of thiocarbonyl (C=S) groups is 1. The molecule has 4 rings (SSSR count). The number of nitrogens with zero attached hydrogens (tertiary/aromatic N) is 1. The summed E-state index contributed by atoms with van der Waals surface area (Å²) in [7, 11) is 1.58.